The molecule has 0 saturated carbocycles. The standard InChI is InChI=1S/C25H31N5O/c1-16-8-10-20-12-22(16)17(2)9-11-21-19(4)27-29(6)24(21)15-28(5)14-18(3)31-25-23(20)13-26-30(25)7/h8-13,18H,2,14-15H2,1,3-7H3/b11-9+. The van der Waals surface area contributed by atoms with E-state index in [-0.39, 0.29) is 6.10 Å². The van der Waals surface area contributed by atoms with E-state index in [1.165, 1.54) is 11.3 Å². The molecule has 4 rings (SSSR count). The first-order valence-corrected chi connectivity index (χ1v) is 10.6. The number of fused-ring (bicyclic) bond motifs is 5. The maximum Gasteiger partial charge on any atom is 0.219 e. The summed E-state index contributed by atoms with van der Waals surface area (Å²) in [5.41, 5.74) is 8.69. The molecule has 0 fully saturated rings. The fourth-order valence-electron chi connectivity index (χ4n) is 4.29. The van der Waals surface area contributed by atoms with Crippen LogP contribution in [0.5, 0.6) is 5.88 Å². The number of likely N-dealkylation sites (N-methyl/N-ethyl adjacent to an activating group) is 1. The Morgan fingerprint density at radius 1 is 1.06 bits per heavy atom. The van der Waals surface area contributed by atoms with Crippen LogP contribution in [-0.2, 0) is 20.6 Å². The molecule has 0 spiro atoms. The van der Waals surface area contributed by atoms with Crippen molar-refractivity contribution in [2.24, 2.45) is 14.1 Å². The number of aromatic nitrogens is 4. The Morgan fingerprint density at radius 2 is 1.84 bits per heavy atom. The van der Waals surface area contributed by atoms with Crippen LogP contribution < -0.4 is 4.74 Å². The highest BCUT2D eigenvalue weighted by molar-refractivity contribution is 5.82. The minimum atomic E-state index is -0.00233. The fourth-order valence-corrected chi connectivity index (χ4v) is 4.29. The molecule has 0 aliphatic carbocycles. The van der Waals surface area contributed by atoms with E-state index in [1.807, 2.05) is 25.0 Å². The molecular formula is C25H31N5O. The van der Waals surface area contributed by atoms with E-state index in [2.05, 4.69) is 79.8 Å². The largest absolute Gasteiger partial charge is 0.473 e. The van der Waals surface area contributed by atoms with Gasteiger partial charge in [0.25, 0.3) is 0 Å². The third-order valence-corrected chi connectivity index (χ3v) is 5.92. The predicted molar refractivity (Wildman–Crippen MR) is 126 cm³/mol. The molecule has 1 aliphatic rings. The summed E-state index contributed by atoms with van der Waals surface area (Å²) in [7, 11) is 6.04. The highest BCUT2D eigenvalue weighted by Gasteiger charge is 2.20. The van der Waals surface area contributed by atoms with Crippen LogP contribution in [0, 0.1) is 13.8 Å². The molecular weight excluding hydrogens is 386 g/mol. The van der Waals surface area contributed by atoms with Gasteiger partial charge in [0.05, 0.1) is 23.1 Å². The average Bonchev–Trinajstić information content (AvgIpc) is 3.19. The fraction of sp³-hybridized carbons (Fsp3) is 0.360. The van der Waals surface area contributed by atoms with Gasteiger partial charge in [-0.15, -0.1) is 0 Å². The van der Waals surface area contributed by atoms with Crippen LogP contribution in [0.1, 0.15) is 35.0 Å². The number of benzene rings is 1. The zero-order chi connectivity index (χ0) is 22.3. The molecule has 0 N–H and O–H groups in total. The van der Waals surface area contributed by atoms with Gasteiger partial charge in [0, 0.05) is 32.7 Å². The molecule has 162 valence electrons. The molecule has 3 aromatic rings. The Labute approximate surface area is 184 Å². The summed E-state index contributed by atoms with van der Waals surface area (Å²) in [4.78, 5) is 2.27. The molecule has 0 radical (unpaired) electrons. The van der Waals surface area contributed by atoms with E-state index in [9.17, 15) is 0 Å². The van der Waals surface area contributed by atoms with Gasteiger partial charge >= 0.3 is 0 Å². The Balaban J connectivity index is 1.86. The molecule has 1 atom stereocenters. The third-order valence-electron chi connectivity index (χ3n) is 5.92. The van der Waals surface area contributed by atoms with Gasteiger partial charge in [-0.2, -0.15) is 10.2 Å². The van der Waals surface area contributed by atoms with Crippen LogP contribution in [-0.4, -0.2) is 44.2 Å². The van der Waals surface area contributed by atoms with Crippen LogP contribution in [0.25, 0.3) is 22.8 Å². The van der Waals surface area contributed by atoms with E-state index in [4.69, 9.17) is 4.74 Å². The number of allylic oxidation sites excluding steroid dienone is 2. The van der Waals surface area contributed by atoms with Gasteiger partial charge < -0.3 is 4.74 Å². The predicted octanol–water partition coefficient (Wildman–Crippen LogP) is 4.38. The zero-order valence-electron chi connectivity index (χ0n) is 19.3. The summed E-state index contributed by atoms with van der Waals surface area (Å²) in [6.07, 6.45) is 6.12. The van der Waals surface area contributed by atoms with Gasteiger partial charge in [0.15, 0.2) is 0 Å². The monoisotopic (exact) mass is 417 g/mol. The topological polar surface area (TPSA) is 48.1 Å². The Hall–Kier alpha value is -3.12. The number of ether oxygens (including phenoxy) is 1. The van der Waals surface area contributed by atoms with Crippen molar-refractivity contribution in [2.75, 3.05) is 13.6 Å². The summed E-state index contributed by atoms with van der Waals surface area (Å²) >= 11 is 0. The summed E-state index contributed by atoms with van der Waals surface area (Å²) in [5.74, 6) is 0.781. The number of hydrogen-bond acceptors (Lipinski definition) is 4. The number of rotatable bonds is 0. The molecule has 1 aliphatic heterocycles. The number of aryl methyl sites for hydroxylation is 4. The van der Waals surface area contributed by atoms with Crippen LogP contribution in [0.4, 0.5) is 0 Å². The van der Waals surface area contributed by atoms with Gasteiger partial charge in [-0.25, -0.2) is 4.68 Å². The van der Waals surface area contributed by atoms with Crippen molar-refractivity contribution in [2.45, 2.75) is 33.4 Å². The van der Waals surface area contributed by atoms with Crippen molar-refractivity contribution in [1.29, 1.82) is 0 Å². The second-order valence-electron chi connectivity index (χ2n) is 8.57. The lowest BCUT2D eigenvalue weighted by Gasteiger charge is -2.23. The summed E-state index contributed by atoms with van der Waals surface area (Å²) < 4.78 is 10.2. The lowest BCUT2D eigenvalue weighted by Crippen LogP contribution is -2.32. The minimum absolute atomic E-state index is 0.00233. The maximum atomic E-state index is 6.39. The molecule has 1 unspecified atom stereocenters. The molecule has 2 aromatic heterocycles. The first-order valence-electron chi connectivity index (χ1n) is 10.6. The Morgan fingerprint density at radius 3 is 2.61 bits per heavy atom. The lowest BCUT2D eigenvalue weighted by atomic mass is 9.96. The van der Waals surface area contributed by atoms with Crippen LogP contribution >= 0.6 is 0 Å². The van der Waals surface area contributed by atoms with Crippen molar-refractivity contribution in [3.63, 3.8) is 0 Å². The molecule has 6 heteroatoms. The lowest BCUT2D eigenvalue weighted by molar-refractivity contribution is 0.147. The highest BCUT2D eigenvalue weighted by Crippen LogP contribution is 2.33. The van der Waals surface area contributed by atoms with Gasteiger partial charge in [-0.1, -0.05) is 30.9 Å². The van der Waals surface area contributed by atoms with E-state index < -0.39 is 0 Å². The average molecular weight is 418 g/mol. The molecule has 3 heterocycles. The number of hydrogen-bond donors (Lipinski definition) is 0. The van der Waals surface area contributed by atoms with Gasteiger partial charge in [0.2, 0.25) is 5.88 Å². The molecule has 0 amide bonds. The first-order chi connectivity index (χ1) is 14.7. The van der Waals surface area contributed by atoms with Gasteiger partial charge in [-0.05, 0) is 56.1 Å². The number of nitrogens with zero attached hydrogens (tertiary/aromatic N) is 5. The Kier molecular flexibility index (Phi) is 5.58. The van der Waals surface area contributed by atoms with Crippen molar-refractivity contribution in [1.82, 2.24) is 24.5 Å². The summed E-state index contributed by atoms with van der Waals surface area (Å²) in [5, 5.41) is 9.12. The van der Waals surface area contributed by atoms with Crippen molar-refractivity contribution < 1.29 is 4.74 Å². The molecule has 31 heavy (non-hydrogen) atoms. The van der Waals surface area contributed by atoms with E-state index in [0.29, 0.717) is 0 Å². The SMILES string of the molecule is C=C1/C=C/c2c(C)nn(C)c2CN(C)CC(C)Oc2c(cnn2C)-c2ccc(C)c1c2. The summed E-state index contributed by atoms with van der Waals surface area (Å²) in [6.45, 7) is 12.2. The normalized spacial score (nSPS) is 18.5. The second-order valence-corrected chi connectivity index (χ2v) is 8.57. The van der Waals surface area contributed by atoms with Crippen molar-refractivity contribution >= 4 is 11.6 Å². The van der Waals surface area contributed by atoms with Crippen LogP contribution in [0.2, 0.25) is 0 Å². The zero-order valence-corrected chi connectivity index (χ0v) is 19.3. The van der Waals surface area contributed by atoms with Crippen molar-refractivity contribution in [3.05, 3.63) is 65.1 Å². The quantitative estimate of drug-likeness (QED) is 0.545. The first kappa shape index (κ1) is 21.1. The van der Waals surface area contributed by atoms with E-state index in [0.717, 1.165) is 52.5 Å². The van der Waals surface area contributed by atoms with E-state index in [1.54, 1.807) is 4.68 Å². The van der Waals surface area contributed by atoms with Crippen molar-refractivity contribution in [3.8, 4) is 17.0 Å². The maximum absolute atomic E-state index is 6.39. The van der Waals surface area contributed by atoms with Crippen LogP contribution in [0.3, 0.4) is 0 Å². The second kappa shape index (κ2) is 8.19. The third kappa shape index (κ3) is 4.08. The molecule has 0 saturated heterocycles. The highest BCUT2D eigenvalue weighted by atomic mass is 16.5. The summed E-state index contributed by atoms with van der Waals surface area (Å²) in [6, 6.07) is 6.44. The van der Waals surface area contributed by atoms with Gasteiger partial charge in [0.1, 0.15) is 6.10 Å². The van der Waals surface area contributed by atoms with Crippen LogP contribution in [0.15, 0.2) is 37.1 Å². The Bertz CT molecular complexity index is 1170. The molecule has 2 bridgehead atoms. The molecule has 6 nitrogen and oxygen atoms in total. The minimum Gasteiger partial charge on any atom is -0.473 e. The van der Waals surface area contributed by atoms with E-state index >= 15 is 0 Å². The smallest absolute Gasteiger partial charge is 0.219 e. The van der Waals surface area contributed by atoms with Gasteiger partial charge in [-0.3, -0.25) is 9.58 Å². The molecule has 1 aromatic carbocycles.